The molecule has 0 aliphatic carbocycles. The number of rotatable bonds is 2. The van der Waals surface area contributed by atoms with Gasteiger partial charge in [0.15, 0.2) is 0 Å². The van der Waals surface area contributed by atoms with Crippen molar-refractivity contribution in [2.45, 2.75) is 18.4 Å². The topological polar surface area (TPSA) is 81.7 Å². The number of nitrogens with zero attached hydrogens (tertiary/aromatic N) is 1. The average Bonchev–Trinajstić information content (AvgIpc) is 2.15. The molecule has 2 fully saturated rings. The highest BCUT2D eigenvalue weighted by Crippen LogP contribution is 2.19. The molecule has 0 radical (unpaired) electrons. The van der Waals surface area contributed by atoms with E-state index in [4.69, 9.17) is 0 Å². The molecule has 0 aromatic carbocycles. The molecule has 6 nitrogen and oxygen atoms in total. The van der Waals surface area contributed by atoms with E-state index >= 15 is 0 Å². The highest BCUT2D eigenvalue weighted by Gasteiger charge is 2.34. The van der Waals surface area contributed by atoms with Crippen molar-refractivity contribution in [3.8, 4) is 0 Å². The molecule has 0 bridgehead atoms. The van der Waals surface area contributed by atoms with Crippen LogP contribution in [-0.4, -0.2) is 60.1 Å². The van der Waals surface area contributed by atoms with Crippen LogP contribution in [0.25, 0.3) is 0 Å². The third-order valence-electron chi connectivity index (χ3n) is 3.07. The number of amides is 2. The molecule has 0 spiro atoms. The van der Waals surface area contributed by atoms with Crippen LogP contribution in [0, 0.1) is 0 Å². The lowest BCUT2D eigenvalue weighted by Crippen LogP contribution is -2.57. The third-order valence-corrected chi connectivity index (χ3v) is 3.07. The molecule has 6 heteroatoms. The van der Waals surface area contributed by atoms with Gasteiger partial charge in [-0.3, -0.25) is 19.8 Å². The predicted octanol–water partition coefficient (Wildman–Crippen LogP) is -1.94. The molecule has 0 aromatic heterocycles. The number of piperazine rings is 1. The Morgan fingerprint density at radius 2 is 1.75 bits per heavy atom. The van der Waals surface area contributed by atoms with Gasteiger partial charge in [-0.25, -0.2) is 0 Å². The summed E-state index contributed by atoms with van der Waals surface area (Å²) < 4.78 is 0. The van der Waals surface area contributed by atoms with Crippen LogP contribution < -0.4 is 10.6 Å². The van der Waals surface area contributed by atoms with Gasteiger partial charge in [-0.2, -0.15) is 0 Å². The van der Waals surface area contributed by atoms with E-state index in [-0.39, 0.29) is 24.9 Å². The molecule has 3 N–H and O–H groups in total. The van der Waals surface area contributed by atoms with E-state index in [0.29, 0.717) is 19.4 Å². The number of β-amino-alcohol motifs (C(OH)–C–C–N with tert-alkyl or cyclic N) is 1. The van der Waals surface area contributed by atoms with Crippen LogP contribution in [0.5, 0.6) is 0 Å². The minimum Gasteiger partial charge on any atom is -0.388 e. The zero-order valence-electron chi connectivity index (χ0n) is 9.16. The molecule has 2 heterocycles. The van der Waals surface area contributed by atoms with Gasteiger partial charge in [-0.15, -0.1) is 0 Å². The first-order valence-electron chi connectivity index (χ1n) is 5.56. The first-order valence-corrected chi connectivity index (χ1v) is 5.56. The lowest BCUT2D eigenvalue weighted by Gasteiger charge is -2.37. The molecule has 0 aromatic rings. The van der Waals surface area contributed by atoms with Crippen molar-refractivity contribution in [3.63, 3.8) is 0 Å². The maximum atomic E-state index is 11.2. The van der Waals surface area contributed by atoms with Gasteiger partial charge in [0.25, 0.3) is 0 Å². The van der Waals surface area contributed by atoms with Crippen LogP contribution in [0.2, 0.25) is 0 Å². The van der Waals surface area contributed by atoms with E-state index in [1.54, 1.807) is 4.90 Å². The Balaban J connectivity index is 1.92. The summed E-state index contributed by atoms with van der Waals surface area (Å²) in [5, 5.41) is 15.7. The molecule has 2 aliphatic rings. The first-order chi connectivity index (χ1) is 7.57. The van der Waals surface area contributed by atoms with Crippen LogP contribution in [0.1, 0.15) is 12.8 Å². The Hall–Kier alpha value is -0.980. The maximum Gasteiger partial charge on any atom is 0.240 e. The molecule has 0 atom stereocenters. The minimum atomic E-state index is -0.761. The molecule has 0 unspecified atom stereocenters. The zero-order valence-corrected chi connectivity index (χ0v) is 9.16. The second-order valence-corrected chi connectivity index (χ2v) is 4.59. The highest BCUT2D eigenvalue weighted by molar-refractivity contribution is 5.99. The summed E-state index contributed by atoms with van der Waals surface area (Å²) in [6.07, 6.45) is 1.33. The molecule has 90 valence electrons. The molecule has 0 saturated carbocycles. The second-order valence-electron chi connectivity index (χ2n) is 4.59. The number of hydrogen-bond donors (Lipinski definition) is 3. The van der Waals surface area contributed by atoms with Gasteiger partial charge in [-0.05, 0) is 25.9 Å². The van der Waals surface area contributed by atoms with E-state index in [9.17, 15) is 14.7 Å². The number of imide groups is 1. The fraction of sp³-hybridized carbons (Fsp3) is 0.800. The van der Waals surface area contributed by atoms with Crippen molar-refractivity contribution >= 4 is 11.8 Å². The monoisotopic (exact) mass is 227 g/mol. The smallest absolute Gasteiger partial charge is 0.240 e. The minimum absolute atomic E-state index is 0.196. The lowest BCUT2D eigenvalue weighted by molar-refractivity contribution is -0.137. The number of hydrogen-bond acceptors (Lipinski definition) is 5. The summed E-state index contributed by atoms with van der Waals surface area (Å²) in [5.41, 5.74) is -0.761. The fourth-order valence-electron chi connectivity index (χ4n) is 2.27. The summed E-state index contributed by atoms with van der Waals surface area (Å²) in [6.45, 7) is 2.35. The quantitative estimate of drug-likeness (QED) is 0.478. The van der Waals surface area contributed by atoms with E-state index in [2.05, 4.69) is 10.6 Å². The SMILES string of the molecule is O=C1CN(CC2(O)CCNCC2)CC(=O)N1. The maximum absolute atomic E-state index is 11.2. The van der Waals surface area contributed by atoms with Crippen LogP contribution in [0.3, 0.4) is 0 Å². The fourth-order valence-corrected chi connectivity index (χ4v) is 2.27. The van der Waals surface area contributed by atoms with Crippen molar-refractivity contribution in [1.82, 2.24) is 15.5 Å². The predicted molar refractivity (Wildman–Crippen MR) is 56.6 cm³/mol. The summed E-state index contributed by atoms with van der Waals surface area (Å²) in [5.74, 6) is -0.567. The normalized spacial score (nSPS) is 26.6. The van der Waals surface area contributed by atoms with Gasteiger partial charge in [0.1, 0.15) is 0 Å². The van der Waals surface area contributed by atoms with Gasteiger partial charge < -0.3 is 10.4 Å². The molecule has 16 heavy (non-hydrogen) atoms. The summed E-state index contributed by atoms with van der Waals surface area (Å²) >= 11 is 0. The van der Waals surface area contributed by atoms with Gasteiger partial charge in [0.05, 0.1) is 18.7 Å². The van der Waals surface area contributed by atoms with Gasteiger partial charge in [-0.1, -0.05) is 0 Å². The number of carbonyl (C=O) groups is 2. The lowest BCUT2D eigenvalue weighted by atomic mass is 9.91. The Labute approximate surface area is 94.0 Å². The third kappa shape index (κ3) is 2.78. The van der Waals surface area contributed by atoms with Crippen LogP contribution in [-0.2, 0) is 9.59 Å². The molecule has 2 saturated heterocycles. The second kappa shape index (κ2) is 4.48. The largest absolute Gasteiger partial charge is 0.388 e. The van der Waals surface area contributed by atoms with E-state index in [0.717, 1.165) is 13.1 Å². The average molecular weight is 227 g/mol. The van der Waals surface area contributed by atoms with Gasteiger partial charge in [0, 0.05) is 6.54 Å². The Morgan fingerprint density at radius 3 is 2.31 bits per heavy atom. The summed E-state index contributed by atoms with van der Waals surface area (Å²) in [7, 11) is 0. The molecular weight excluding hydrogens is 210 g/mol. The molecule has 2 aliphatic heterocycles. The zero-order chi connectivity index (χ0) is 11.6. The van der Waals surface area contributed by atoms with Crippen molar-refractivity contribution in [2.75, 3.05) is 32.7 Å². The van der Waals surface area contributed by atoms with Crippen molar-refractivity contribution in [3.05, 3.63) is 0 Å². The Morgan fingerprint density at radius 1 is 1.19 bits per heavy atom. The summed E-state index contributed by atoms with van der Waals surface area (Å²) in [6, 6.07) is 0. The van der Waals surface area contributed by atoms with Crippen molar-refractivity contribution < 1.29 is 14.7 Å². The van der Waals surface area contributed by atoms with Crippen LogP contribution in [0.15, 0.2) is 0 Å². The van der Waals surface area contributed by atoms with Gasteiger partial charge >= 0.3 is 0 Å². The Kier molecular flexibility index (Phi) is 3.22. The number of aliphatic hydroxyl groups is 1. The van der Waals surface area contributed by atoms with Crippen molar-refractivity contribution in [1.29, 1.82) is 0 Å². The number of nitrogens with one attached hydrogen (secondary N) is 2. The molecule has 2 amide bonds. The number of carbonyl (C=O) groups excluding carboxylic acids is 2. The van der Waals surface area contributed by atoms with E-state index in [1.165, 1.54) is 0 Å². The van der Waals surface area contributed by atoms with Gasteiger partial charge in [0.2, 0.25) is 11.8 Å². The molecular formula is C10H17N3O3. The van der Waals surface area contributed by atoms with E-state index in [1.807, 2.05) is 0 Å². The van der Waals surface area contributed by atoms with Crippen LogP contribution >= 0.6 is 0 Å². The first kappa shape index (κ1) is 11.5. The standard InChI is InChI=1S/C10H17N3O3/c14-8-5-13(6-9(15)12-8)7-10(16)1-3-11-4-2-10/h11,16H,1-7H2,(H,12,14,15). The van der Waals surface area contributed by atoms with E-state index < -0.39 is 5.60 Å². The Bertz CT molecular complexity index is 284. The van der Waals surface area contributed by atoms with Crippen molar-refractivity contribution in [2.24, 2.45) is 0 Å². The highest BCUT2D eigenvalue weighted by atomic mass is 16.3. The molecule has 2 rings (SSSR count). The van der Waals surface area contributed by atoms with Crippen LogP contribution in [0.4, 0.5) is 0 Å². The summed E-state index contributed by atoms with van der Waals surface area (Å²) in [4.78, 5) is 24.0. The number of piperidine rings is 1.